The van der Waals surface area contributed by atoms with Crippen LogP contribution in [0.4, 0.5) is 5.69 Å². The number of rotatable bonds is 6. The standard InChI is InChI=1S/C21H21ClN4O4/c1-13-6-8-15(9-7-13)24-18(23-10-11-30-2)17-19(27)25-21(29)26(20(17)28)16-5-3-4-14(22)12-16/h3-9,12,28H,10-11H2,1-2H3,(H,23,24)(H,25,27,29). The van der Waals surface area contributed by atoms with E-state index in [1.807, 2.05) is 31.2 Å². The lowest BCUT2D eigenvalue weighted by Gasteiger charge is -2.15. The first-order valence-corrected chi connectivity index (χ1v) is 9.50. The largest absolute Gasteiger partial charge is 0.493 e. The van der Waals surface area contributed by atoms with E-state index in [9.17, 15) is 14.7 Å². The Labute approximate surface area is 177 Å². The SMILES string of the molecule is COCCN=C(Nc1ccc(C)cc1)c1c(O)n(-c2cccc(Cl)c2)c(=O)[nH]c1=O. The molecular weight excluding hydrogens is 408 g/mol. The van der Waals surface area contributed by atoms with Gasteiger partial charge >= 0.3 is 5.69 Å². The fraction of sp³-hybridized carbons (Fsp3) is 0.190. The summed E-state index contributed by atoms with van der Waals surface area (Å²) in [7, 11) is 1.53. The van der Waals surface area contributed by atoms with Gasteiger partial charge in [-0.1, -0.05) is 35.4 Å². The third-order valence-electron chi connectivity index (χ3n) is 4.27. The second-order valence-corrected chi connectivity index (χ2v) is 6.92. The Bertz CT molecular complexity index is 1180. The second kappa shape index (κ2) is 9.43. The number of hydrogen-bond acceptors (Lipinski definition) is 5. The van der Waals surface area contributed by atoms with Crippen molar-refractivity contribution >= 4 is 23.1 Å². The monoisotopic (exact) mass is 428 g/mol. The Morgan fingerprint density at radius 3 is 2.63 bits per heavy atom. The molecule has 3 N–H and O–H groups in total. The van der Waals surface area contributed by atoms with Crippen molar-refractivity contribution in [1.29, 1.82) is 0 Å². The van der Waals surface area contributed by atoms with Gasteiger partial charge in [0.05, 0.1) is 18.8 Å². The molecule has 156 valence electrons. The number of anilines is 1. The molecule has 0 aliphatic rings. The number of benzene rings is 2. The molecule has 1 heterocycles. The van der Waals surface area contributed by atoms with E-state index in [4.69, 9.17) is 16.3 Å². The first-order valence-electron chi connectivity index (χ1n) is 9.12. The maximum Gasteiger partial charge on any atom is 0.335 e. The molecule has 30 heavy (non-hydrogen) atoms. The smallest absolute Gasteiger partial charge is 0.335 e. The number of aromatic nitrogens is 2. The lowest BCUT2D eigenvalue weighted by molar-refractivity contribution is 0.208. The van der Waals surface area contributed by atoms with E-state index in [0.717, 1.165) is 10.1 Å². The van der Waals surface area contributed by atoms with Gasteiger partial charge in [-0.25, -0.2) is 9.36 Å². The topological polar surface area (TPSA) is 109 Å². The zero-order valence-electron chi connectivity index (χ0n) is 16.5. The Balaban J connectivity index is 2.16. The summed E-state index contributed by atoms with van der Waals surface area (Å²) in [6, 6.07) is 13.8. The molecule has 0 aliphatic carbocycles. The number of aryl methyl sites for hydroxylation is 1. The van der Waals surface area contributed by atoms with Gasteiger partial charge in [-0.2, -0.15) is 0 Å². The van der Waals surface area contributed by atoms with Gasteiger partial charge in [-0.05, 0) is 37.3 Å². The second-order valence-electron chi connectivity index (χ2n) is 6.49. The van der Waals surface area contributed by atoms with Crippen molar-refractivity contribution in [2.24, 2.45) is 4.99 Å². The van der Waals surface area contributed by atoms with Crippen LogP contribution in [0.2, 0.25) is 5.02 Å². The predicted octanol–water partition coefficient (Wildman–Crippen LogP) is 2.70. The van der Waals surface area contributed by atoms with Crippen molar-refractivity contribution < 1.29 is 9.84 Å². The quantitative estimate of drug-likeness (QED) is 0.318. The van der Waals surface area contributed by atoms with E-state index in [1.54, 1.807) is 18.2 Å². The molecular formula is C21H21ClN4O4. The molecule has 3 rings (SSSR count). The normalized spacial score (nSPS) is 11.5. The zero-order chi connectivity index (χ0) is 21.7. The molecule has 0 saturated carbocycles. The summed E-state index contributed by atoms with van der Waals surface area (Å²) in [6.45, 7) is 2.50. The van der Waals surface area contributed by atoms with E-state index >= 15 is 0 Å². The number of H-pyrrole nitrogens is 1. The van der Waals surface area contributed by atoms with Gasteiger partial charge in [0.1, 0.15) is 11.4 Å². The molecule has 9 heteroatoms. The highest BCUT2D eigenvalue weighted by Gasteiger charge is 2.21. The van der Waals surface area contributed by atoms with Crippen LogP contribution in [0.1, 0.15) is 11.1 Å². The highest BCUT2D eigenvalue weighted by molar-refractivity contribution is 6.30. The van der Waals surface area contributed by atoms with Crippen LogP contribution in [0.25, 0.3) is 5.69 Å². The predicted molar refractivity (Wildman–Crippen MR) is 117 cm³/mol. The fourth-order valence-electron chi connectivity index (χ4n) is 2.80. The van der Waals surface area contributed by atoms with Crippen molar-refractivity contribution in [2.75, 3.05) is 25.6 Å². The van der Waals surface area contributed by atoms with Crippen LogP contribution in [0, 0.1) is 6.92 Å². The van der Waals surface area contributed by atoms with Crippen molar-refractivity contribution in [3.63, 3.8) is 0 Å². The number of halogens is 1. The van der Waals surface area contributed by atoms with E-state index in [0.29, 0.717) is 23.0 Å². The van der Waals surface area contributed by atoms with Crippen LogP contribution >= 0.6 is 11.6 Å². The van der Waals surface area contributed by atoms with Gasteiger partial charge in [-0.15, -0.1) is 0 Å². The Kier molecular flexibility index (Phi) is 6.71. The number of aliphatic imine (C=N–C) groups is 1. The average molecular weight is 429 g/mol. The molecule has 2 aromatic carbocycles. The minimum Gasteiger partial charge on any atom is -0.493 e. The molecule has 0 amide bonds. The van der Waals surface area contributed by atoms with Crippen LogP contribution in [0.15, 0.2) is 63.1 Å². The van der Waals surface area contributed by atoms with Gasteiger partial charge in [-0.3, -0.25) is 14.8 Å². The molecule has 3 aromatic rings. The van der Waals surface area contributed by atoms with Gasteiger partial charge in [0.2, 0.25) is 5.88 Å². The van der Waals surface area contributed by atoms with E-state index in [1.165, 1.54) is 13.2 Å². The molecule has 8 nitrogen and oxygen atoms in total. The fourth-order valence-corrected chi connectivity index (χ4v) is 2.98. The van der Waals surface area contributed by atoms with E-state index in [2.05, 4.69) is 15.3 Å². The van der Waals surface area contributed by atoms with Crippen LogP contribution < -0.4 is 16.6 Å². The molecule has 0 spiro atoms. The highest BCUT2D eigenvalue weighted by atomic mass is 35.5. The van der Waals surface area contributed by atoms with Crippen LogP contribution in [0.5, 0.6) is 5.88 Å². The average Bonchev–Trinajstić information content (AvgIpc) is 2.69. The summed E-state index contributed by atoms with van der Waals surface area (Å²) in [5.41, 5.74) is 0.284. The van der Waals surface area contributed by atoms with Crippen LogP contribution in [-0.2, 0) is 4.74 Å². The lowest BCUT2D eigenvalue weighted by atomic mass is 10.2. The van der Waals surface area contributed by atoms with E-state index < -0.39 is 17.1 Å². The van der Waals surface area contributed by atoms with Gasteiger partial charge in [0.25, 0.3) is 5.56 Å². The number of aromatic amines is 1. The summed E-state index contributed by atoms with van der Waals surface area (Å²) in [5, 5.41) is 14.3. The van der Waals surface area contributed by atoms with Gasteiger partial charge < -0.3 is 15.2 Å². The van der Waals surface area contributed by atoms with Crippen molar-refractivity contribution in [1.82, 2.24) is 9.55 Å². The first kappa shape index (κ1) is 21.4. The van der Waals surface area contributed by atoms with Crippen molar-refractivity contribution in [2.45, 2.75) is 6.92 Å². The lowest BCUT2D eigenvalue weighted by Crippen LogP contribution is -2.35. The Morgan fingerprint density at radius 2 is 1.97 bits per heavy atom. The summed E-state index contributed by atoms with van der Waals surface area (Å²) < 4.78 is 5.99. The number of nitrogens with one attached hydrogen (secondary N) is 2. The molecule has 0 fully saturated rings. The van der Waals surface area contributed by atoms with E-state index in [-0.39, 0.29) is 17.9 Å². The summed E-state index contributed by atoms with van der Waals surface area (Å²) >= 11 is 6.02. The summed E-state index contributed by atoms with van der Waals surface area (Å²) in [4.78, 5) is 31.6. The number of amidine groups is 1. The highest BCUT2D eigenvalue weighted by Crippen LogP contribution is 2.21. The van der Waals surface area contributed by atoms with Gasteiger partial charge in [0, 0.05) is 17.8 Å². The maximum absolute atomic E-state index is 12.6. The van der Waals surface area contributed by atoms with Crippen LogP contribution in [-0.4, -0.2) is 40.8 Å². The van der Waals surface area contributed by atoms with Crippen LogP contribution in [0.3, 0.4) is 0 Å². The Hall–Kier alpha value is -3.36. The molecule has 0 aliphatic heterocycles. The molecule has 0 radical (unpaired) electrons. The first-order chi connectivity index (χ1) is 14.4. The number of hydrogen-bond donors (Lipinski definition) is 3. The minimum absolute atomic E-state index is 0.102. The van der Waals surface area contributed by atoms with Crippen molar-refractivity contribution in [3.8, 4) is 11.6 Å². The third kappa shape index (κ3) is 4.79. The molecule has 0 bridgehead atoms. The third-order valence-corrected chi connectivity index (χ3v) is 4.50. The maximum atomic E-state index is 12.6. The number of nitrogens with zero attached hydrogens (tertiary/aromatic N) is 2. The minimum atomic E-state index is -0.796. The molecule has 0 atom stereocenters. The molecule has 0 saturated heterocycles. The summed E-state index contributed by atoms with van der Waals surface area (Å²) in [5.74, 6) is -0.452. The molecule has 1 aromatic heterocycles. The Morgan fingerprint density at radius 1 is 1.23 bits per heavy atom. The number of aromatic hydroxyl groups is 1. The summed E-state index contributed by atoms with van der Waals surface area (Å²) in [6.07, 6.45) is 0. The van der Waals surface area contributed by atoms with Crippen molar-refractivity contribution in [3.05, 3.63) is 85.5 Å². The number of ether oxygens (including phenoxy) is 1. The van der Waals surface area contributed by atoms with Gasteiger partial charge in [0.15, 0.2) is 0 Å². The molecule has 0 unspecified atom stereocenters. The zero-order valence-corrected chi connectivity index (χ0v) is 17.2. The number of methoxy groups -OCH3 is 1.